The molecule has 0 spiro atoms. The monoisotopic (exact) mass is 207 g/mol. The van der Waals surface area contributed by atoms with Crippen molar-refractivity contribution in [2.24, 2.45) is 0 Å². The molecular weight excluding hydrogens is 198 g/mol. The molecule has 1 aliphatic rings. The second-order valence-electron chi connectivity index (χ2n) is 2.97. The number of ether oxygens (including phenoxy) is 1. The molecule has 1 saturated heterocycles. The first-order valence-electron chi connectivity index (χ1n) is 4.20. The van der Waals surface area contributed by atoms with Crippen LogP contribution >= 0.6 is 11.8 Å². The zero-order valence-electron chi connectivity index (χ0n) is 7.43. The van der Waals surface area contributed by atoms with E-state index in [0.717, 1.165) is 18.2 Å². The molecule has 0 radical (unpaired) electrons. The molecule has 2 rings (SSSR count). The van der Waals surface area contributed by atoms with Crippen LogP contribution in [-0.2, 0) is 4.74 Å². The molecule has 5 heteroatoms. The van der Waals surface area contributed by atoms with Crippen LogP contribution in [-0.4, -0.2) is 23.4 Å². The lowest BCUT2D eigenvalue weighted by molar-refractivity contribution is 0.0455. The molecular formula is C9H9N3OS. The van der Waals surface area contributed by atoms with Crippen LogP contribution in [0.3, 0.4) is 0 Å². The van der Waals surface area contributed by atoms with Crippen molar-refractivity contribution in [2.45, 2.75) is 10.3 Å². The maximum atomic E-state index is 8.76. The Morgan fingerprint density at radius 3 is 3.00 bits per heavy atom. The molecule has 4 nitrogen and oxygen atoms in total. The Morgan fingerprint density at radius 1 is 1.64 bits per heavy atom. The number of nitriles is 1. The van der Waals surface area contributed by atoms with E-state index in [1.165, 1.54) is 0 Å². The van der Waals surface area contributed by atoms with Gasteiger partial charge in [0.05, 0.1) is 29.7 Å². The largest absolute Gasteiger partial charge is 0.395 e. The standard InChI is InChI=1S/C9H9N3OS/c10-3-6-1-2-12-9(8(6)11)14-7-4-13-5-7/h1-2,7H,4-5,11H2. The predicted molar refractivity (Wildman–Crippen MR) is 53.8 cm³/mol. The van der Waals surface area contributed by atoms with E-state index in [1.54, 1.807) is 24.0 Å². The third-order valence-electron chi connectivity index (χ3n) is 1.96. The fourth-order valence-electron chi connectivity index (χ4n) is 1.09. The Hall–Kier alpha value is -1.25. The fourth-order valence-corrected chi connectivity index (χ4v) is 2.09. The van der Waals surface area contributed by atoms with Crippen molar-refractivity contribution in [1.29, 1.82) is 5.26 Å². The van der Waals surface area contributed by atoms with E-state index in [0.29, 0.717) is 16.5 Å². The van der Waals surface area contributed by atoms with Crippen molar-refractivity contribution in [1.82, 2.24) is 4.98 Å². The van der Waals surface area contributed by atoms with Gasteiger partial charge in [-0.05, 0) is 6.07 Å². The number of hydrogen-bond acceptors (Lipinski definition) is 5. The van der Waals surface area contributed by atoms with Crippen LogP contribution in [0, 0.1) is 11.3 Å². The summed E-state index contributed by atoms with van der Waals surface area (Å²) >= 11 is 1.57. The summed E-state index contributed by atoms with van der Waals surface area (Å²) in [4.78, 5) is 4.14. The molecule has 1 aromatic rings. The van der Waals surface area contributed by atoms with E-state index in [-0.39, 0.29) is 0 Å². The summed E-state index contributed by atoms with van der Waals surface area (Å²) in [5.41, 5.74) is 6.74. The number of anilines is 1. The third-order valence-corrected chi connectivity index (χ3v) is 3.11. The normalized spacial score (nSPS) is 15.9. The number of rotatable bonds is 2. The number of nitrogen functional groups attached to an aromatic ring is 1. The fraction of sp³-hybridized carbons (Fsp3) is 0.333. The molecule has 1 fully saturated rings. The van der Waals surface area contributed by atoms with Crippen LogP contribution in [0.25, 0.3) is 0 Å². The van der Waals surface area contributed by atoms with Crippen LogP contribution < -0.4 is 5.73 Å². The van der Waals surface area contributed by atoms with Gasteiger partial charge in [-0.25, -0.2) is 4.98 Å². The lowest BCUT2D eigenvalue weighted by Crippen LogP contribution is -2.30. The second-order valence-corrected chi connectivity index (χ2v) is 4.26. The molecule has 0 aliphatic carbocycles. The summed E-state index contributed by atoms with van der Waals surface area (Å²) in [6.45, 7) is 1.48. The highest BCUT2D eigenvalue weighted by Crippen LogP contribution is 2.31. The van der Waals surface area contributed by atoms with Crippen LogP contribution in [0.5, 0.6) is 0 Å². The molecule has 14 heavy (non-hydrogen) atoms. The van der Waals surface area contributed by atoms with Gasteiger partial charge in [0.2, 0.25) is 0 Å². The van der Waals surface area contributed by atoms with Crippen molar-refractivity contribution in [3.63, 3.8) is 0 Å². The average molecular weight is 207 g/mol. The van der Waals surface area contributed by atoms with Gasteiger partial charge in [0.1, 0.15) is 11.1 Å². The quantitative estimate of drug-likeness (QED) is 0.784. The van der Waals surface area contributed by atoms with E-state index in [9.17, 15) is 0 Å². The molecule has 0 unspecified atom stereocenters. The number of thioether (sulfide) groups is 1. The van der Waals surface area contributed by atoms with E-state index in [1.807, 2.05) is 6.07 Å². The van der Waals surface area contributed by atoms with Crippen LogP contribution in [0.15, 0.2) is 17.3 Å². The van der Waals surface area contributed by atoms with Gasteiger partial charge in [-0.1, -0.05) is 11.8 Å². The van der Waals surface area contributed by atoms with Crippen LogP contribution in [0.4, 0.5) is 5.69 Å². The van der Waals surface area contributed by atoms with Crippen molar-refractivity contribution < 1.29 is 4.74 Å². The van der Waals surface area contributed by atoms with Gasteiger partial charge in [0, 0.05) is 6.20 Å². The van der Waals surface area contributed by atoms with Gasteiger partial charge in [-0.3, -0.25) is 0 Å². The predicted octanol–water partition coefficient (Wildman–Crippen LogP) is 1.03. The first-order chi connectivity index (χ1) is 6.81. The SMILES string of the molecule is N#Cc1ccnc(SC2COC2)c1N. The number of nitrogens with two attached hydrogens (primary N) is 1. The van der Waals surface area contributed by atoms with Gasteiger partial charge in [0.15, 0.2) is 0 Å². The molecule has 72 valence electrons. The lowest BCUT2D eigenvalue weighted by atomic mass is 10.2. The highest BCUT2D eigenvalue weighted by molar-refractivity contribution is 8.00. The molecule has 2 N–H and O–H groups in total. The summed E-state index contributed by atoms with van der Waals surface area (Å²) in [7, 11) is 0. The minimum Gasteiger partial charge on any atom is -0.395 e. The van der Waals surface area contributed by atoms with Crippen LogP contribution in [0.1, 0.15) is 5.56 Å². The first kappa shape index (κ1) is 9.31. The molecule has 0 saturated carbocycles. The number of hydrogen-bond donors (Lipinski definition) is 1. The lowest BCUT2D eigenvalue weighted by Gasteiger charge is -2.25. The molecule has 0 atom stereocenters. The summed E-state index contributed by atoms with van der Waals surface area (Å²) in [6, 6.07) is 3.66. The summed E-state index contributed by atoms with van der Waals surface area (Å²) in [5.74, 6) is 0. The van der Waals surface area contributed by atoms with E-state index < -0.39 is 0 Å². The highest BCUT2D eigenvalue weighted by atomic mass is 32.2. The Balaban J connectivity index is 2.20. The van der Waals surface area contributed by atoms with Crippen molar-refractivity contribution in [2.75, 3.05) is 18.9 Å². The van der Waals surface area contributed by atoms with Gasteiger partial charge in [0.25, 0.3) is 0 Å². The molecule has 0 amide bonds. The molecule has 0 bridgehead atoms. The molecule has 1 aliphatic heterocycles. The third kappa shape index (κ3) is 1.67. The summed E-state index contributed by atoms with van der Waals surface area (Å²) in [6.07, 6.45) is 1.61. The van der Waals surface area contributed by atoms with Crippen molar-refractivity contribution >= 4 is 17.4 Å². The average Bonchev–Trinajstić information content (AvgIpc) is 2.13. The zero-order valence-corrected chi connectivity index (χ0v) is 8.25. The van der Waals surface area contributed by atoms with Crippen molar-refractivity contribution in [3.05, 3.63) is 17.8 Å². The van der Waals surface area contributed by atoms with E-state index >= 15 is 0 Å². The van der Waals surface area contributed by atoms with E-state index in [4.69, 9.17) is 15.7 Å². The zero-order chi connectivity index (χ0) is 9.97. The highest BCUT2D eigenvalue weighted by Gasteiger charge is 2.21. The topological polar surface area (TPSA) is 71.9 Å². The minimum atomic E-state index is 0.429. The minimum absolute atomic E-state index is 0.429. The molecule has 1 aromatic heterocycles. The Bertz CT molecular complexity index is 384. The maximum Gasteiger partial charge on any atom is 0.121 e. The van der Waals surface area contributed by atoms with Crippen molar-refractivity contribution in [3.8, 4) is 6.07 Å². The van der Waals surface area contributed by atoms with Gasteiger partial charge in [-0.2, -0.15) is 5.26 Å². The number of nitrogens with zero attached hydrogens (tertiary/aromatic N) is 2. The number of aromatic nitrogens is 1. The van der Waals surface area contributed by atoms with E-state index in [2.05, 4.69) is 4.98 Å². The van der Waals surface area contributed by atoms with Gasteiger partial charge in [-0.15, -0.1) is 0 Å². The van der Waals surface area contributed by atoms with Gasteiger partial charge >= 0.3 is 0 Å². The smallest absolute Gasteiger partial charge is 0.121 e. The van der Waals surface area contributed by atoms with Crippen LogP contribution in [0.2, 0.25) is 0 Å². The maximum absolute atomic E-state index is 8.76. The first-order valence-corrected chi connectivity index (χ1v) is 5.08. The molecule has 2 heterocycles. The Morgan fingerprint density at radius 2 is 2.43 bits per heavy atom. The Labute approximate surface area is 86.1 Å². The summed E-state index contributed by atoms with van der Waals surface area (Å²) in [5, 5.41) is 9.92. The number of pyridine rings is 1. The second kappa shape index (κ2) is 3.86. The molecule has 0 aromatic carbocycles. The summed E-state index contributed by atoms with van der Waals surface area (Å²) < 4.78 is 5.05. The van der Waals surface area contributed by atoms with Gasteiger partial charge < -0.3 is 10.5 Å². The Kier molecular flexibility index (Phi) is 2.57.